The van der Waals surface area contributed by atoms with Gasteiger partial charge in [0.15, 0.2) is 0 Å². The molecule has 0 spiro atoms. The lowest BCUT2D eigenvalue weighted by atomic mass is 9.84. The summed E-state index contributed by atoms with van der Waals surface area (Å²) in [6, 6.07) is 6.58. The Morgan fingerprint density at radius 3 is 2.71 bits per heavy atom. The SMILES string of the molecule is Bc1ccc(C(=C)C2CCSCC2)c(C=C)c1. The van der Waals surface area contributed by atoms with Crippen LogP contribution >= 0.6 is 11.8 Å². The Hall–Kier alpha value is -0.885. The van der Waals surface area contributed by atoms with Crippen molar-refractivity contribution in [1.82, 2.24) is 0 Å². The minimum atomic E-state index is 0.664. The lowest BCUT2D eigenvalue weighted by Gasteiger charge is -2.24. The van der Waals surface area contributed by atoms with E-state index < -0.39 is 0 Å². The standard InChI is InChI=1S/C15H19BS/c1-3-12-10-14(16)4-5-15(12)11(2)13-6-8-17-9-7-13/h3-5,10,13H,1-2,6-9,16H2. The zero-order valence-electron chi connectivity index (χ0n) is 10.5. The van der Waals surface area contributed by atoms with Crippen LogP contribution in [-0.4, -0.2) is 19.4 Å². The molecule has 0 saturated carbocycles. The van der Waals surface area contributed by atoms with E-state index >= 15 is 0 Å². The first-order valence-corrected chi connectivity index (χ1v) is 7.38. The van der Waals surface area contributed by atoms with Crippen molar-refractivity contribution < 1.29 is 0 Å². The van der Waals surface area contributed by atoms with Crippen molar-refractivity contribution in [2.24, 2.45) is 5.92 Å². The highest BCUT2D eigenvalue weighted by atomic mass is 32.2. The fourth-order valence-corrected chi connectivity index (χ4v) is 3.52. The molecular weight excluding hydrogens is 223 g/mol. The average molecular weight is 242 g/mol. The van der Waals surface area contributed by atoms with Crippen LogP contribution in [0, 0.1) is 5.92 Å². The Labute approximate surface area is 110 Å². The van der Waals surface area contributed by atoms with E-state index in [0.717, 1.165) is 0 Å². The molecule has 0 radical (unpaired) electrons. The second kappa shape index (κ2) is 5.64. The molecule has 0 bridgehead atoms. The summed E-state index contributed by atoms with van der Waals surface area (Å²) in [5.74, 6) is 3.22. The van der Waals surface area contributed by atoms with Gasteiger partial charge < -0.3 is 0 Å². The summed E-state index contributed by atoms with van der Waals surface area (Å²) in [4.78, 5) is 0. The Morgan fingerprint density at radius 1 is 1.35 bits per heavy atom. The van der Waals surface area contributed by atoms with E-state index in [0.29, 0.717) is 5.92 Å². The molecule has 17 heavy (non-hydrogen) atoms. The molecule has 0 aliphatic carbocycles. The molecule has 0 atom stereocenters. The quantitative estimate of drug-likeness (QED) is 0.734. The first-order valence-electron chi connectivity index (χ1n) is 6.22. The lowest BCUT2D eigenvalue weighted by Crippen LogP contribution is -2.12. The van der Waals surface area contributed by atoms with E-state index in [2.05, 4.69) is 51.0 Å². The molecule has 2 heteroatoms. The highest BCUT2D eigenvalue weighted by Gasteiger charge is 2.18. The smallest absolute Gasteiger partial charge is 0.139 e. The Balaban J connectivity index is 2.26. The minimum Gasteiger partial charge on any atom is -0.162 e. The van der Waals surface area contributed by atoms with E-state index in [-0.39, 0.29) is 0 Å². The molecule has 0 N–H and O–H groups in total. The van der Waals surface area contributed by atoms with Crippen LogP contribution in [0.15, 0.2) is 31.4 Å². The Bertz CT molecular complexity index is 431. The third kappa shape index (κ3) is 2.87. The van der Waals surface area contributed by atoms with Gasteiger partial charge in [-0.2, -0.15) is 11.8 Å². The summed E-state index contributed by atoms with van der Waals surface area (Å²) in [7, 11) is 2.12. The van der Waals surface area contributed by atoms with Crippen molar-refractivity contribution >= 4 is 36.7 Å². The second-order valence-electron chi connectivity index (χ2n) is 4.71. The van der Waals surface area contributed by atoms with Gasteiger partial charge in [0, 0.05) is 0 Å². The maximum Gasteiger partial charge on any atom is 0.139 e. The third-order valence-electron chi connectivity index (χ3n) is 3.49. The predicted octanol–water partition coefficient (Wildman–Crippen LogP) is 2.74. The molecule has 0 unspecified atom stereocenters. The number of allylic oxidation sites excluding steroid dienone is 1. The molecule has 1 aliphatic rings. The molecule has 1 fully saturated rings. The van der Waals surface area contributed by atoms with Gasteiger partial charge in [0.25, 0.3) is 0 Å². The highest BCUT2D eigenvalue weighted by Crippen LogP contribution is 2.34. The second-order valence-corrected chi connectivity index (χ2v) is 5.93. The van der Waals surface area contributed by atoms with E-state index in [9.17, 15) is 0 Å². The van der Waals surface area contributed by atoms with Crippen molar-refractivity contribution in [2.45, 2.75) is 12.8 Å². The molecule has 0 nitrogen and oxygen atoms in total. The van der Waals surface area contributed by atoms with Crippen LogP contribution in [0.4, 0.5) is 0 Å². The van der Waals surface area contributed by atoms with Gasteiger partial charge in [0.1, 0.15) is 7.85 Å². The zero-order chi connectivity index (χ0) is 12.3. The van der Waals surface area contributed by atoms with Crippen molar-refractivity contribution in [2.75, 3.05) is 11.5 Å². The van der Waals surface area contributed by atoms with Gasteiger partial charge in [-0.25, -0.2) is 0 Å². The van der Waals surface area contributed by atoms with Crippen LogP contribution < -0.4 is 5.46 Å². The van der Waals surface area contributed by atoms with Crippen molar-refractivity contribution in [3.8, 4) is 0 Å². The Kier molecular flexibility index (Phi) is 4.17. The van der Waals surface area contributed by atoms with Crippen LogP contribution in [0.1, 0.15) is 24.0 Å². The van der Waals surface area contributed by atoms with Gasteiger partial charge >= 0.3 is 0 Å². The average Bonchev–Trinajstić information content (AvgIpc) is 2.39. The molecular formula is C15H19BS. The molecule has 1 aromatic rings. The van der Waals surface area contributed by atoms with E-state index in [4.69, 9.17) is 0 Å². The van der Waals surface area contributed by atoms with Crippen LogP contribution in [0.5, 0.6) is 0 Å². The summed E-state index contributed by atoms with van der Waals surface area (Å²) in [5, 5.41) is 0. The zero-order valence-corrected chi connectivity index (χ0v) is 11.4. The van der Waals surface area contributed by atoms with Crippen LogP contribution in [0.3, 0.4) is 0 Å². The first-order chi connectivity index (χ1) is 8.22. The number of hydrogen-bond donors (Lipinski definition) is 0. The van der Waals surface area contributed by atoms with Crippen molar-refractivity contribution in [1.29, 1.82) is 0 Å². The molecule has 1 heterocycles. The predicted molar refractivity (Wildman–Crippen MR) is 83.8 cm³/mol. The molecule has 0 amide bonds. The van der Waals surface area contributed by atoms with Crippen molar-refractivity contribution in [3.63, 3.8) is 0 Å². The fraction of sp³-hybridized carbons (Fsp3) is 0.333. The number of thioether (sulfide) groups is 1. The van der Waals surface area contributed by atoms with Crippen LogP contribution in [0.25, 0.3) is 11.6 Å². The number of hydrogen-bond acceptors (Lipinski definition) is 1. The number of rotatable bonds is 3. The summed E-state index contributed by atoms with van der Waals surface area (Å²) in [6.45, 7) is 8.24. The van der Waals surface area contributed by atoms with Crippen LogP contribution in [-0.2, 0) is 0 Å². The fourth-order valence-electron chi connectivity index (χ4n) is 2.41. The topological polar surface area (TPSA) is 0 Å². The molecule has 1 saturated heterocycles. The minimum absolute atomic E-state index is 0.664. The van der Waals surface area contributed by atoms with E-state index in [1.54, 1.807) is 0 Å². The summed E-state index contributed by atoms with van der Waals surface area (Å²) in [6.07, 6.45) is 4.49. The molecule has 1 aromatic carbocycles. The van der Waals surface area contributed by atoms with Gasteiger partial charge in [-0.15, -0.1) is 0 Å². The maximum absolute atomic E-state index is 4.33. The Morgan fingerprint density at radius 2 is 2.06 bits per heavy atom. The number of benzene rings is 1. The van der Waals surface area contributed by atoms with Crippen molar-refractivity contribution in [3.05, 3.63) is 42.5 Å². The molecule has 1 aliphatic heterocycles. The molecule has 88 valence electrons. The normalized spacial score (nSPS) is 16.7. The van der Waals surface area contributed by atoms with Gasteiger partial charge in [-0.05, 0) is 47.0 Å². The summed E-state index contributed by atoms with van der Waals surface area (Å²) >= 11 is 2.06. The first kappa shape index (κ1) is 12.6. The third-order valence-corrected chi connectivity index (χ3v) is 4.54. The summed E-state index contributed by atoms with van der Waals surface area (Å²) in [5.41, 5.74) is 5.12. The molecule has 0 aromatic heterocycles. The molecule has 2 rings (SSSR count). The highest BCUT2D eigenvalue weighted by molar-refractivity contribution is 7.99. The lowest BCUT2D eigenvalue weighted by molar-refractivity contribution is 0.620. The largest absolute Gasteiger partial charge is 0.162 e. The maximum atomic E-state index is 4.33. The van der Waals surface area contributed by atoms with E-state index in [1.165, 1.54) is 46.5 Å². The van der Waals surface area contributed by atoms with Gasteiger partial charge in [0.05, 0.1) is 0 Å². The summed E-state index contributed by atoms with van der Waals surface area (Å²) < 4.78 is 0. The van der Waals surface area contributed by atoms with Crippen LogP contribution in [0.2, 0.25) is 0 Å². The van der Waals surface area contributed by atoms with E-state index in [1.807, 2.05) is 6.08 Å². The van der Waals surface area contributed by atoms with Gasteiger partial charge in [-0.3, -0.25) is 0 Å². The van der Waals surface area contributed by atoms with Gasteiger partial charge in [-0.1, -0.05) is 42.9 Å². The monoisotopic (exact) mass is 242 g/mol. The van der Waals surface area contributed by atoms with Gasteiger partial charge in [0.2, 0.25) is 0 Å².